The quantitative estimate of drug-likeness (QED) is 0.731. The lowest BCUT2D eigenvalue weighted by atomic mass is 10.3. The number of hydrogen-bond acceptors (Lipinski definition) is 4. The maximum Gasteiger partial charge on any atom is 0.265 e. The first kappa shape index (κ1) is 12.4. The summed E-state index contributed by atoms with van der Waals surface area (Å²) < 4.78 is 26.9. The first-order chi connectivity index (χ1) is 8.42. The van der Waals surface area contributed by atoms with E-state index in [0.717, 1.165) is 0 Å². The van der Waals surface area contributed by atoms with Crippen LogP contribution in [0.4, 0.5) is 11.4 Å². The van der Waals surface area contributed by atoms with Crippen molar-refractivity contribution in [2.75, 3.05) is 10.5 Å². The highest BCUT2D eigenvalue weighted by Crippen LogP contribution is 2.24. The number of nitrogen functional groups attached to an aromatic ring is 1. The molecule has 0 unspecified atom stereocenters. The minimum absolute atomic E-state index is 0.158. The van der Waals surface area contributed by atoms with Gasteiger partial charge in [-0.05, 0) is 26.0 Å². The molecule has 0 aliphatic heterocycles. The van der Waals surface area contributed by atoms with E-state index in [1.165, 1.54) is 0 Å². The van der Waals surface area contributed by atoms with E-state index in [0.29, 0.717) is 22.8 Å². The largest absolute Gasteiger partial charge is 0.397 e. The van der Waals surface area contributed by atoms with Crippen LogP contribution < -0.4 is 10.5 Å². The summed E-state index contributed by atoms with van der Waals surface area (Å²) in [6.45, 7) is 3.29. The summed E-state index contributed by atoms with van der Waals surface area (Å²) in [5.41, 5.74) is 7.36. The van der Waals surface area contributed by atoms with Crippen molar-refractivity contribution in [1.29, 1.82) is 0 Å². The van der Waals surface area contributed by atoms with Crippen molar-refractivity contribution < 1.29 is 8.42 Å². The summed E-state index contributed by atoms with van der Waals surface area (Å²) >= 11 is 0. The number of rotatable bonds is 3. The fourth-order valence-corrected chi connectivity index (χ4v) is 3.18. The van der Waals surface area contributed by atoms with E-state index in [1.807, 2.05) is 0 Å². The summed E-state index contributed by atoms with van der Waals surface area (Å²) in [7, 11) is -3.68. The number of aryl methyl sites for hydroxylation is 2. The number of aromatic nitrogens is 2. The van der Waals surface area contributed by atoms with Crippen LogP contribution in [-0.4, -0.2) is 18.6 Å². The van der Waals surface area contributed by atoms with Gasteiger partial charge in [0.1, 0.15) is 4.90 Å². The third-order valence-electron chi connectivity index (χ3n) is 2.53. The van der Waals surface area contributed by atoms with Gasteiger partial charge < -0.3 is 5.73 Å². The smallest absolute Gasteiger partial charge is 0.265 e. The Morgan fingerprint density at radius 1 is 1.28 bits per heavy atom. The molecule has 0 radical (unpaired) electrons. The molecule has 0 saturated carbocycles. The molecule has 0 aliphatic carbocycles. The predicted molar refractivity (Wildman–Crippen MR) is 69.7 cm³/mol. The van der Waals surface area contributed by atoms with Gasteiger partial charge in [0.2, 0.25) is 0 Å². The number of sulfonamides is 1. The molecule has 7 heteroatoms. The zero-order valence-electron chi connectivity index (χ0n) is 10.1. The highest BCUT2D eigenvalue weighted by atomic mass is 32.2. The molecule has 0 aliphatic rings. The van der Waals surface area contributed by atoms with Crippen molar-refractivity contribution >= 4 is 21.4 Å². The molecule has 0 spiro atoms. The van der Waals surface area contributed by atoms with E-state index in [2.05, 4.69) is 14.9 Å². The van der Waals surface area contributed by atoms with E-state index in [1.54, 1.807) is 38.1 Å². The maximum absolute atomic E-state index is 12.2. The molecule has 0 fully saturated rings. The van der Waals surface area contributed by atoms with E-state index in [4.69, 9.17) is 5.73 Å². The van der Waals surface area contributed by atoms with Gasteiger partial charge >= 0.3 is 0 Å². The summed E-state index contributed by atoms with van der Waals surface area (Å²) in [5.74, 6) is 0. The molecule has 0 saturated heterocycles. The number of aromatic amines is 1. The molecular weight excluding hydrogens is 252 g/mol. The monoisotopic (exact) mass is 266 g/mol. The summed E-state index contributed by atoms with van der Waals surface area (Å²) in [4.78, 5) is 0.158. The normalized spacial score (nSPS) is 11.4. The van der Waals surface area contributed by atoms with Crippen LogP contribution in [0, 0.1) is 13.8 Å². The zero-order chi connectivity index (χ0) is 13.3. The topological polar surface area (TPSA) is 101 Å². The van der Waals surface area contributed by atoms with Gasteiger partial charge in [0.05, 0.1) is 22.8 Å². The van der Waals surface area contributed by atoms with Crippen LogP contribution in [0.3, 0.4) is 0 Å². The van der Waals surface area contributed by atoms with E-state index in [-0.39, 0.29) is 4.90 Å². The second-order valence-corrected chi connectivity index (χ2v) is 5.58. The van der Waals surface area contributed by atoms with Gasteiger partial charge in [0.15, 0.2) is 0 Å². The van der Waals surface area contributed by atoms with Crippen LogP contribution in [0.5, 0.6) is 0 Å². The molecule has 1 heterocycles. The number of nitrogens with two attached hydrogens (primary N) is 1. The minimum Gasteiger partial charge on any atom is -0.397 e. The zero-order valence-corrected chi connectivity index (χ0v) is 10.9. The summed E-state index contributed by atoms with van der Waals surface area (Å²) in [5, 5.41) is 6.51. The maximum atomic E-state index is 12.2. The fraction of sp³-hybridized carbons (Fsp3) is 0.182. The molecule has 1 aromatic heterocycles. The average molecular weight is 266 g/mol. The van der Waals surface area contributed by atoms with Gasteiger partial charge in [-0.15, -0.1) is 0 Å². The molecule has 6 nitrogen and oxygen atoms in total. The molecule has 0 bridgehead atoms. The SMILES string of the molecule is Cc1n[nH]c(C)c1S(=O)(=O)Nc1ccccc1N. The van der Waals surface area contributed by atoms with Gasteiger partial charge in [0, 0.05) is 0 Å². The van der Waals surface area contributed by atoms with Crippen LogP contribution in [0.1, 0.15) is 11.4 Å². The highest BCUT2D eigenvalue weighted by molar-refractivity contribution is 7.92. The van der Waals surface area contributed by atoms with Crippen LogP contribution in [0.15, 0.2) is 29.2 Å². The standard InChI is InChI=1S/C11H14N4O2S/c1-7-11(8(2)14-13-7)18(16,17)15-10-6-4-3-5-9(10)12/h3-6,15H,12H2,1-2H3,(H,13,14). The Hall–Kier alpha value is -2.02. The molecule has 18 heavy (non-hydrogen) atoms. The Bertz CT molecular complexity index is 657. The summed E-state index contributed by atoms with van der Waals surface area (Å²) in [6.07, 6.45) is 0. The van der Waals surface area contributed by atoms with Gasteiger partial charge in [-0.25, -0.2) is 8.42 Å². The second-order valence-electron chi connectivity index (χ2n) is 3.96. The number of hydrogen-bond donors (Lipinski definition) is 3. The lowest BCUT2D eigenvalue weighted by Gasteiger charge is -2.10. The van der Waals surface area contributed by atoms with Crippen LogP contribution >= 0.6 is 0 Å². The van der Waals surface area contributed by atoms with Crippen molar-refractivity contribution in [2.45, 2.75) is 18.7 Å². The minimum atomic E-state index is -3.68. The number of nitrogens with zero attached hydrogens (tertiary/aromatic N) is 1. The molecule has 4 N–H and O–H groups in total. The third-order valence-corrected chi connectivity index (χ3v) is 4.16. The Morgan fingerprint density at radius 3 is 2.50 bits per heavy atom. The number of para-hydroxylation sites is 2. The third kappa shape index (κ3) is 2.17. The van der Waals surface area contributed by atoms with Gasteiger partial charge in [-0.1, -0.05) is 12.1 Å². The average Bonchev–Trinajstić information content (AvgIpc) is 2.62. The molecule has 96 valence electrons. The Balaban J connectivity index is 2.43. The molecule has 2 rings (SSSR count). The predicted octanol–water partition coefficient (Wildman–Crippen LogP) is 1.41. The fourth-order valence-electron chi connectivity index (χ4n) is 1.72. The van der Waals surface area contributed by atoms with Crippen LogP contribution in [0.2, 0.25) is 0 Å². The van der Waals surface area contributed by atoms with E-state index < -0.39 is 10.0 Å². The van der Waals surface area contributed by atoms with Crippen LogP contribution in [-0.2, 0) is 10.0 Å². The molecule has 2 aromatic rings. The van der Waals surface area contributed by atoms with Crippen molar-refractivity contribution in [3.63, 3.8) is 0 Å². The van der Waals surface area contributed by atoms with Crippen molar-refractivity contribution in [2.24, 2.45) is 0 Å². The van der Waals surface area contributed by atoms with Gasteiger partial charge in [-0.3, -0.25) is 9.82 Å². The van der Waals surface area contributed by atoms with Crippen molar-refractivity contribution in [1.82, 2.24) is 10.2 Å². The lowest BCUT2D eigenvalue weighted by Crippen LogP contribution is -2.15. The van der Waals surface area contributed by atoms with Crippen LogP contribution in [0.25, 0.3) is 0 Å². The first-order valence-electron chi connectivity index (χ1n) is 5.30. The Morgan fingerprint density at radius 2 is 1.94 bits per heavy atom. The lowest BCUT2D eigenvalue weighted by molar-refractivity contribution is 0.600. The summed E-state index contributed by atoms with van der Waals surface area (Å²) in [6, 6.07) is 6.69. The Labute approximate surface area is 105 Å². The van der Waals surface area contributed by atoms with E-state index in [9.17, 15) is 8.42 Å². The van der Waals surface area contributed by atoms with Crippen molar-refractivity contribution in [3.05, 3.63) is 35.7 Å². The molecule has 1 aromatic carbocycles. The number of nitrogens with one attached hydrogen (secondary N) is 2. The first-order valence-corrected chi connectivity index (χ1v) is 6.79. The number of benzene rings is 1. The molecule has 0 atom stereocenters. The van der Waals surface area contributed by atoms with Gasteiger partial charge in [-0.2, -0.15) is 5.10 Å². The number of H-pyrrole nitrogens is 1. The number of anilines is 2. The van der Waals surface area contributed by atoms with Gasteiger partial charge in [0.25, 0.3) is 10.0 Å². The molecular formula is C11H14N4O2S. The highest BCUT2D eigenvalue weighted by Gasteiger charge is 2.22. The Kier molecular flexibility index (Phi) is 3.00. The molecule has 0 amide bonds. The van der Waals surface area contributed by atoms with Crippen molar-refractivity contribution in [3.8, 4) is 0 Å². The van der Waals surface area contributed by atoms with E-state index >= 15 is 0 Å². The second kappa shape index (κ2) is 4.34.